The number of halogens is 1. The standard InChI is InChI=1S/C16H24FN/c1-12(2)10-18-11-16(8-13(3)9-16)14-6-4-5-7-15(14)17/h4-7,12-13,18H,8-11H2,1-3H3. The van der Waals surface area contributed by atoms with Gasteiger partial charge in [-0.3, -0.25) is 0 Å². The number of hydrogen-bond acceptors (Lipinski definition) is 1. The molecule has 1 aliphatic rings. The molecule has 1 nitrogen and oxygen atoms in total. The number of nitrogens with one attached hydrogen (secondary N) is 1. The van der Waals surface area contributed by atoms with Gasteiger partial charge in [-0.1, -0.05) is 39.0 Å². The zero-order valence-corrected chi connectivity index (χ0v) is 11.7. The first-order valence-electron chi connectivity index (χ1n) is 6.99. The molecule has 0 saturated heterocycles. The van der Waals surface area contributed by atoms with E-state index >= 15 is 0 Å². The van der Waals surface area contributed by atoms with Crippen LogP contribution >= 0.6 is 0 Å². The van der Waals surface area contributed by atoms with Crippen LogP contribution in [-0.4, -0.2) is 13.1 Å². The van der Waals surface area contributed by atoms with Crippen LogP contribution in [0.2, 0.25) is 0 Å². The molecule has 0 amide bonds. The number of hydrogen-bond donors (Lipinski definition) is 1. The largest absolute Gasteiger partial charge is 0.316 e. The zero-order chi connectivity index (χ0) is 13.2. The first kappa shape index (κ1) is 13.5. The van der Waals surface area contributed by atoms with Gasteiger partial charge in [-0.05, 0) is 42.9 Å². The van der Waals surface area contributed by atoms with E-state index in [1.807, 2.05) is 12.1 Å². The molecule has 0 spiro atoms. The Morgan fingerprint density at radius 2 is 2.00 bits per heavy atom. The summed E-state index contributed by atoms with van der Waals surface area (Å²) >= 11 is 0. The molecule has 1 saturated carbocycles. The van der Waals surface area contributed by atoms with Gasteiger partial charge in [-0.15, -0.1) is 0 Å². The van der Waals surface area contributed by atoms with Crippen molar-refractivity contribution in [3.05, 3.63) is 35.6 Å². The first-order chi connectivity index (χ1) is 8.53. The molecule has 0 unspecified atom stereocenters. The predicted molar refractivity (Wildman–Crippen MR) is 74.2 cm³/mol. The summed E-state index contributed by atoms with van der Waals surface area (Å²) in [5, 5.41) is 3.51. The summed E-state index contributed by atoms with van der Waals surface area (Å²) in [6.45, 7) is 8.56. The van der Waals surface area contributed by atoms with Crippen LogP contribution in [0.1, 0.15) is 39.2 Å². The minimum absolute atomic E-state index is 0.0274. The van der Waals surface area contributed by atoms with E-state index in [-0.39, 0.29) is 11.2 Å². The van der Waals surface area contributed by atoms with Gasteiger partial charge in [0.2, 0.25) is 0 Å². The summed E-state index contributed by atoms with van der Waals surface area (Å²) < 4.78 is 14.0. The summed E-state index contributed by atoms with van der Waals surface area (Å²) in [4.78, 5) is 0. The van der Waals surface area contributed by atoms with Crippen molar-refractivity contribution in [2.45, 2.75) is 39.0 Å². The van der Waals surface area contributed by atoms with E-state index in [9.17, 15) is 4.39 Å². The maximum absolute atomic E-state index is 14.0. The highest BCUT2D eigenvalue weighted by Crippen LogP contribution is 2.47. The Morgan fingerprint density at radius 3 is 2.56 bits per heavy atom. The van der Waals surface area contributed by atoms with Crippen LogP contribution < -0.4 is 5.32 Å². The van der Waals surface area contributed by atoms with E-state index in [1.54, 1.807) is 12.1 Å². The molecule has 1 fully saturated rings. The Hall–Kier alpha value is -0.890. The average Bonchev–Trinajstić information content (AvgIpc) is 2.26. The van der Waals surface area contributed by atoms with Gasteiger partial charge >= 0.3 is 0 Å². The maximum Gasteiger partial charge on any atom is 0.127 e. The molecule has 0 aromatic heterocycles. The second kappa shape index (κ2) is 5.40. The van der Waals surface area contributed by atoms with Gasteiger partial charge in [0.05, 0.1) is 0 Å². The minimum Gasteiger partial charge on any atom is -0.316 e. The molecule has 0 heterocycles. The summed E-state index contributed by atoms with van der Waals surface area (Å²) in [5.41, 5.74) is 0.930. The minimum atomic E-state index is -0.0456. The van der Waals surface area contributed by atoms with E-state index in [2.05, 4.69) is 26.1 Å². The van der Waals surface area contributed by atoms with Crippen molar-refractivity contribution in [3.63, 3.8) is 0 Å². The topological polar surface area (TPSA) is 12.0 Å². The van der Waals surface area contributed by atoms with Crippen LogP contribution in [0.5, 0.6) is 0 Å². The molecule has 2 rings (SSSR count). The number of rotatable bonds is 5. The summed E-state index contributed by atoms with van der Waals surface area (Å²) in [6, 6.07) is 7.27. The van der Waals surface area contributed by atoms with Gasteiger partial charge in [-0.25, -0.2) is 4.39 Å². The van der Waals surface area contributed by atoms with Gasteiger partial charge in [0.1, 0.15) is 5.82 Å². The molecule has 0 atom stereocenters. The highest BCUT2D eigenvalue weighted by molar-refractivity contribution is 5.30. The number of benzene rings is 1. The van der Waals surface area contributed by atoms with Crippen molar-refractivity contribution in [2.24, 2.45) is 11.8 Å². The lowest BCUT2D eigenvalue weighted by Crippen LogP contribution is -2.48. The van der Waals surface area contributed by atoms with Crippen molar-refractivity contribution >= 4 is 0 Å². The van der Waals surface area contributed by atoms with Crippen molar-refractivity contribution < 1.29 is 4.39 Å². The molecule has 1 aliphatic carbocycles. The lowest BCUT2D eigenvalue weighted by Gasteiger charge is -2.47. The maximum atomic E-state index is 14.0. The Labute approximate surface area is 110 Å². The molecule has 0 aliphatic heterocycles. The van der Waals surface area contributed by atoms with Crippen molar-refractivity contribution in [2.75, 3.05) is 13.1 Å². The van der Waals surface area contributed by atoms with Gasteiger partial charge in [0.15, 0.2) is 0 Å². The molecule has 100 valence electrons. The summed E-state index contributed by atoms with van der Waals surface area (Å²) in [7, 11) is 0. The molecular weight excluding hydrogens is 225 g/mol. The fourth-order valence-electron chi connectivity index (χ4n) is 3.23. The van der Waals surface area contributed by atoms with Crippen molar-refractivity contribution in [3.8, 4) is 0 Å². The molecule has 18 heavy (non-hydrogen) atoms. The Morgan fingerprint density at radius 1 is 1.33 bits per heavy atom. The summed E-state index contributed by atoms with van der Waals surface area (Å²) in [6.07, 6.45) is 2.19. The van der Waals surface area contributed by atoms with Crippen LogP contribution in [0, 0.1) is 17.7 Å². The third-order valence-electron chi connectivity index (χ3n) is 3.94. The molecule has 1 aromatic rings. The van der Waals surface area contributed by atoms with Gasteiger partial charge < -0.3 is 5.32 Å². The lowest BCUT2D eigenvalue weighted by molar-refractivity contribution is 0.147. The molecule has 0 bridgehead atoms. The highest BCUT2D eigenvalue weighted by Gasteiger charge is 2.44. The quantitative estimate of drug-likeness (QED) is 0.838. The Balaban J connectivity index is 2.10. The van der Waals surface area contributed by atoms with Crippen LogP contribution in [0.4, 0.5) is 4.39 Å². The van der Waals surface area contributed by atoms with Crippen LogP contribution in [0.3, 0.4) is 0 Å². The normalized spacial score (nSPS) is 27.3. The van der Waals surface area contributed by atoms with E-state index in [1.165, 1.54) is 0 Å². The van der Waals surface area contributed by atoms with Crippen LogP contribution in [0.15, 0.2) is 24.3 Å². The van der Waals surface area contributed by atoms with Gasteiger partial charge in [0.25, 0.3) is 0 Å². The second-order valence-electron chi connectivity index (χ2n) is 6.30. The SMILES string of the molecule is CC(C)CNCC1(c2ccccc2F)CC(C)C1. The molecule has 1 aromatic carbocycles. The van der Waals surface area contributed by atoms with E-state index in [4.69, 9.17) is 0 Å². The lowest BCUT2D eigenvalue weighted by atomic mass is 9.59. The third kappa shape index (κ3) is 2.74. The smallest absolute Gasteiger partial charge is 0.127 e. The van der Waals surface area contributed by atoms with E-state index in [0.717, 1.165) is 31.5 Å². The van der Waals surface area contributed by atoms with Gasteiger partial charge in [-0.2, -0.15) is 0 Å². The Kier molecular flexibility index (Phi) is 4.06. The van der Waals surface area contributed by atoms with E-state index < -0.39 is 0 Å². The zero-order valence-electron chi connectivity index (χ0n) is 11.7. The van der Waals surface area contributed by atoms with Gasteiger partial charge in [0, 0.05) is 12.0 Å². The molecular formula is C16H24FN. The van der Waals surface area contributed by atoms with Crippen molar-refractivity contribution in [1.29, 1.82) is 0 Å². The van der Waals surface area contributed by atoms with Crippen LogP contribution in [-0.2, 0) is 5.41 Å². The predicted octanol–water partition coefficient (Wildman–Crippen LogP) is 3.74. The second-order valence-corrected chi connectivity index (χ2v) is 6.30. The fourth-order valence-corrected chi connectivity index (χ4v) is 3.23. The van der Waals surface area contributed by atoms with Crippen LogP contribution in [0.25, 0.3) is 0 Å². The highest BCUT2D eigenvalue weighted by atomic mass is 19.1. The Bertz CT molecular complexity index is 394. The molecule has 0 radical (unpaired) electrons. The third-order valence-corrected chi connectivity index (χ3v) is 3.94. The average molecular weight is 249 g/mol. The fraction of sp³-hybridized carbons (Fsp3) is 0.625. The van der Waals surface area contributed by atoms with Crippen molar-refractivity contribution in [1.82, 2.24) is 5.32 Å². The summed E-state index contributed by atoms with van der Waals surface area (Å²) in [5.74, 6) is 1.31. The molecule has 2 heteroatoms. The van der Waals surface area contributed by atoms with E-state index in [0.29, 0.717) is 11.8 Å². The molecule has 1 N–H and O–H groups in total. The first-order valence-corrected chi connectivity index (χ1v) is 6.99. The monoisotopic (exact) mass is 249 g/mol.